The van der Waals surface area contributed by atoms with Crippen LogP contribution < -0.4 is 30.6 Å². The standard InChI is InChI=1S/C32H42N4O4.CH2O2/c1-38-31-24-30(40-23-5-22-39-29-6-3-2-4-7-29)13-10-26(31)15-19-34-32(37)36-20-16-28(17-21-36)35-27-11-8-25(9-12-27)14-18-33;2-1-3/h2-4,6-13,24,28,35H,5,14-23,33H2,1H3,(H,34,37);1H,(H,2,3). The number of nitrogens with one attached hydrogen (secondary N) is 2. The molecule has 1 aliphatic heterocycles. The van der Waals surface area contributed by atoms with Gasteiger partial charge in [0.15, 0.2) is 0 Å². The number of hydrogen-bond donors (Lipinski definition) is 4. The molecule has 0 unspecified atom stereocenters. The molecule has 10 nitrogen and oxygen atoms in total. The maximum atomic E-state index is 12.7. The molecule has 0 spiro atoms. The van der Waals surface area contributed by atoms with Crippen LogP contribution in [0.2, 0.25) is 0 Å². The highest BCUT2D eigenvalue weighted by atomic mass is 16.5. The summed E-state index contributed by atoms with van der Waals surface area (Å²) < 4.78 is 17.2. The van der Waals surface area contributed by atoms with Gasteiger partial charge in [-0.05, 0) is 73.7 Å². The first-order valence-electron chi connectivity index (χ1n) is 14.7. The number of likely N-dealkylation sites (tertiary alicyclic amines) is 1. The minimum absolute atomic E-state index is 0.0128. The van der Waals surface area contributed by atoms with E-state index in [1.165, 1.54) is 5.56 Å². The average Bonchev–Trinajstić information content (AvgIpc) is 3.03. The second-order valence-corrected chi connectivity index (χ2v) is 10.1. The Kier molecular flexibility index (Phi) is 14.5. The Morgan fingerprint density at radius 2 is 1.65 bits per heavy atom. The number of amides is 2. The van der Waals surface area contributed by atoms with Crippen molar-refractivity contribution in [1.82, 2.24) is 10.2 Å². The minimum atomic E-state index is -0.250. The number of carbonyl (C=O) groups excluding carboxylic acids is 1. The Balaban J connectivity index is 0.00000162. The Morgan fingerprint density at radius 3 is 2.30 bits per heavy atom. The summed E-state index contributed by atoms with van der Waals surface area (Å²) in [4.78, 5) is 23.0. The second-order valence-electron chi connectivity index (χ2n) is 10.1. The van der Waals surface area contributed by atoms with Crippen molar-refractivity contribution in [2.24, 2.45) is 5.73 Å². The number of carbonyl (C=O) groups is 2. The highest BCUT2D eigenvalue weighted by Crippen LogP contribution is 2.25. The molecule has 0 bridgehead atoms. The van der Waals surface area contributed by atoms with Gasteiger partial charge in [0, 0.05) is 43.9 Å². The number of urea groups is 1. The Hall–Kier alpha value is -4.44. The summed E-state index contributed by atoms with van der Waals surface area (Å²) in [5.41, 5.74) is 9.03. The monoisotopic (exact) mass is 592 g/mol. The number of carboxylic acid groups (broad SMARTS) is 1. The number of nitrogens with zero attached hydrogens (tertiary/aromatic N) is 1. The summed E-state index contributed by atoms with van der Waals surface area (Å²) in [7, 11) is 1.65. The zero-order valence-electron chi connectivity index (χ0n) is 24.9. The number of methoxy groups -OCH3 is 1. The summed E-state index contributed by atoms with van der Waals surface area (Å²) in [6.45, 7) is 3.57. The Morgan fingerprint density at radius 1 is 0.977 bits per heavy atom. The molecule has 1 aliphatic rings. The fourth-order valence-corrected chi connectivity index (χ4v) is 4.79. The lowest BCUT2D eigenvalue weighted by atomic mass is 10.0. The lowest BCUT2D eigenvalue weighted by Gasteiger charge is -2.33. The molecule has 0 saturated carbocycles. The summed E-state index contributed by atoms with van der Waals surface area (Å²) in [6, 6.07) is 24.4. The molecule has 4 rings (SSSR count). The van der Waals surface area contributed by atoms with E-state index < -0.39 is 0 Å². The van der Waals surface area contributed by atoms with E-state index in [1.54, 1.807) is 7.11 Å². The maximum absolute atomic E-state index is 12.7. The molecule has 3 aromatic carbocycles. The van der Waals surface area contributed by atoms with E-state index in [0.29, 0.717) is 38.8 Å². The zero-order chi connectivity index (χ0) is 30.7. The van der Waals surface area contributed by atoms with Gasteiger partial charge < -0.3 is 40.6 Å². The van der Waals surface area contributed by atoms with E-state index >= 15 is 0 Å². The fraction of sp³-hybridized carbons (Fsp3) is 0.394. The van der Waals surface area contributed by atoms with E-state index in [9.17, 15) is 4.79 Å². The van der Waals surface area contributed by atoms with Crippen molar-refractivity contribution >= 4 is 18.2 Å². The largest absolute Gasteiger partial charge is 0.496 e. The van der Waals surface area contributed by atoms with Crippen LogP contribution in [0.4, 0.5) is 10.5 Å². The number of para-hydroxylation sites is 1. The van der Waals surface area contributed by atoms with Crippen LogP contribution in [-0.2, 0) is 17.6 Å². The van der Waals surface area contributed by atoms with Gasteiger partial charge in [0.2, 0.25) is 0 Å². The van der Waals surface area contributed by atoms with Gasteiger partial charge in [-0.15, -0.1) is 0 Å². The first kappa shape index (κ1) is 33.1. The molecule has 1 fully saturated rings. The van der Waals surface area contributed by atoms with Crippen molar-refractivity contribution in [1.29, 1.82) is 0 Å². The molecule has 1 heterocycles. The molecule has 0 radical (unpaired) electrons. The van der Waals surface area contributed by atoms with E-state index in [4.69, 9.17) is 29.8 Å². The molecular weight excluding hydrogens is 548 g/mol. The number of nitrogens with two attached hydrogens (primary N) is 1. The van der Waals surface area contributed by atoms with E-state index in [-0.39, 0.29) is 12.5 Å². The molecule has 43 heavy (non-hydrogen) atoms. The lowest BCUT2D eigenvalue weighted by Crippen LogP contribution is -2.47. The number of ether oxygens (including phenoxy) is 3. The Labute approximate surface area is 254 Å². The van der Waals surface area contributed by atoms with Crippen LogP contribution in [0.25, 0.3) is 0 Å². The smallest absolute Gasteiger partial charge is 0.317 e. The highest BCUT2D eigenvalue weighted by Gasteiger charge is 2.22. The van der Waals surface area contributed by atoms with Gasteiger partial charge >= 0.3 is 6.03 Å². The van der Waals surface area contributed by atoms with Gasteiger partial charge in [-0.1, -0.05) is 36.4 Å². The predicted molar refractivity (Wildman–Crippen MR) is 168 cm³/mol. The molecule has 0 aliphatic carbocycles. The first-order chi connectivity index (χ1) is 21.1. The molecule has 0 atom stereocenters. The Bertz CT molecular complexity index is 1220. The number of piperidine rings is 1. The predicted octanol–water partition coefficient (Wildman–Crippen LogP) is 4.57. The van der Waals surface area contributed by atoms with Crippen LogP contribution in [-0.4, -0.2) is 75.1 Å². The molecule has 232 valence electrons. The van der Waals surface area contributed by atoms with Crippen molar-refractivity contribution in [3.8, 4) is 17.2 Å². The molecular formula is C33H44N4O6. The fourth-order valence-electron chi connectivity index (χ4n) is 4.79. The quantitative estimate of drug-likeness (QED) is 0.158. The summed E-state index contributed by atoms with van der Waals surface area (Å²) in [6.07, 6.45) is 4.20. The molecule has 3 aromatic rings. The molecule has 10 heteroatoms. The number of hydrogen-bond acceptors (Lipinski definition) is 7. The van der Waals surface area contributed by atoms with Crippen molar-refractivity contribution < 1.29 is 28.9 Å². The second kappa shape index (κ2) is 18.9. The van der Waals surface area contributed by atoms with Gasteiger partial charge in [-0.25, -0.2) is 4.79 Å². The van der Waals surface area contributed by atoms with Gasteiger partial charge in [0.25, 0.3) is 6.47 Å². The zero-order valence-corrected chi connectivity index (χ0v) is 24.9. The van der Waals surface area contributed by atoms with E-state index in [1.807, 2.05) is 53.4 Å². The lowest BCUT2D eigenvalue weighted by molar-refractivity contribution is -0.122. The third-order valence-corrected chi connectivity index (χ3v) is 7.04. The average molecular weight is 593 g/mol. The number of rotatable bonds is 14. The van der Waals surface area contributed by atoms with Gasteiger partial charge in [-0.3, -0.25) is 4.79 Å². The van der Waals surface area contributed by atoms with Crippen LogP contribution in [0.3, 0.4) is 0 Å². The van der Waals surface area contributed by atoms with Crippen molar-refractivity contribution in [3.63, 3.8) is 0 Å². The van der Waals surface area contributed by atoms with Crippen LogP contribution in [0.1, 0.15) is 30.4 Å². The SMILES string of the molecule is COc1cc(OCCCOc2ccccc2)ccc1CCNC(=O)N1CCC(Nc2ccc(CCN)cc2)CC1.O=CO. The number of anilines is 1. The van der Waals surface area contributed by atoms with Gasteiger partial charge in [0.05, 0.1) is 20.3 Å². The third kappa shape index (κ3) is 11.8. The maximum Gasteiger partial charge on any atom is 0.317 e. The van der Waals surface area contributed by atoms with Crippen molar-refractivity contribution in [3.05, 3.63) is 83.9 Å². The van der Waals surface area contributed by atoms with E-state index in [2.05, 4.69) is 34.9 Å². The van der Waals surface area contributed by atoms with Gasteiger partial charge in [-0.2, -0.15) is 0 Å². The van der Waals surface area contributed by atoms with Crippen LogP contribution in [0.15, 0.2) is 72.8 Å². The topological polar surface area (TPSA) is 135 Å². The molecule has 0 aromatic heterocycles. The first-order valence-corrected chi connectivity index (χ1v) is 14.7. The summed E-state index contributed by atoms with van der Waals surface area (Å²) >= 11 is 0. The van der Waals surface area contributed by atoms with E-state index in [0.717, 1.165) is 67.3 Å². The molecule has 1 saturated heterocycles. The van der Waals surface area contributed by atoms with Crippen LogP contribution in [0.5, 0.6) is 17.2 Å². The van der Waals surface area contributed by atoms with Crippen LogP contribution >= 0.6 is 0 Å². The summed E-state index contributed by atoms with van der Waals surface area (Å²) in [5.74, 6) is 2.38. The third-order valence-electron chi connectivity index (χ3n) is 7.04. The normalized spacial score (nSPS) is 12.8. The minimum Gasteiger partial charge on any atom is -0.496 e. The summed E-state index contributed by atoms with van der Waals surface area (Å²) in [5, 5.41) is 13.6. The van der Waals surface area contributed by atoms with Gasteiger partial charge in [0.1, 0.15) is 17.2 Å². The number of benzene rings is 3. The highest BCUT2D eigenvalue weighted by molar-refractivity contribution is 5.74. The van der Waals surface area contributed by atoms with Crippen molar-refractivity contribution in [2.75, 3.05) is 51.8 Å². The van der Waals surface area contributed by atoms with Crippen molar-refractivity contribution in [2.45, 2.75) is 38.1 Å². The molecule has 2 amide bonds. The molecule has 5 N–H and O–H groups in total. The van der Waals surface area contributed by atoms with Crippen LogP contribution in [0, 0.1) is 0 Å².